The predicted molar refractivity (Wildman–Crippen MR) is 78.3 cm³/mol. The van der Waals surface area contributed by atoms with Crippen LogP contribution < -0.4 is 5.32 Å². The van der Waals surface area contributed by atoms with Gasteiger partial charge in [-0.1, -0.05) is 18.9 Å². The van der Waals surface area contributed by atoms with Crippen LogP contribution in [-0.2, 0) is 6.54 Å². The van der Waals surface area contributed by atoms with Crippen LogP contribution in [0, 0.1) is 0 Å². The zero-order valence-corrected chi connectivity index (χ0v) is 11.8. The van der Waals surface area contributed by atoms with Crippen molar-refractivity contribution in [2.75, 3.05) is 18.6 Å². The predicted octanol–water partition coefficient (Wildman–Crippen LogP) is 3.11. The molecule has 0 amide bonds. The summed E-state index contributed by atoms with van der Waals surface area (Å²) in [7, 11) is 0. The first kappa shape index (κ1) is 15.2. The van der Waals surface area contributed by atoms with E-state index in [4.69, 9.17) is 0 Å². The lowest BCUT2D eigenvalue weighted by atomic mass is 10.2. The van der Waals surface area contributed by atoms with Crippen molar-refractivity contribution >= 4 is 11.8 Å². The molecule has 18 heavy (non-hydrogen) atoms. The Morgan fingerprint density at radius 3 is 2.56 bits per heavy atom. The highest BCUT2D eigenvalue weighted by molar-refractivity contribution is 7.98. The van der Waals surface area contributed by atoms with Crippen molar-refractivity contribution in [1.29, 1.82) is 0 Å². The maximum Gasteiger partial charge on any atom is 0.157 e. The van der Waals surface area contributed by atoms with Gasteiger partial charge in [-0.2, -0.15) is 11.8 Å². The van der Waals surface area contributed by atoms with E-state index in [-0.39, 0.29) is 11.5 Å². The van der Waals surface area contributed by atoms with Gasteiger partial charge in [-0.3, -0.25) is 0 Å². The van der Waals surface area contributed by atoms with Crippen LogP contribution in [0.3, 0.4) is 0 Å². The van der Waals surface area contributed by atoms with E-state index in [9.17, 15) is 10.2 Å². The minimum absolute atomic E-state index is 0.0497. The van der Waals surface area contributed by atoms with Gasteiger partial charge in [0.15, 0.2) is 11.5 Å². The number of phenolic OH excluding ortho intramolecular Hbond substituents is 2. The standard InChI is InChI=1S/C14H23NO2S/c1-18-9-5-3-2-4-8-15-11-12-6-7-13(16)14(17)10-12/h6-7,10,15-17H,2-5,8-9,11H2,1H3. The SMILES string of the molecule is CSCCCCCCNCc1ccc(O)c(O)c1. The quantitative estimate of drug-likeness (QED) is 0.476. The fraction of sp³-hybridized carbons (Fsp3) is 0.571. The smallest absolute Gasteiger partial charge is 0.157 e. The van der Waals surface area contributed by atoms with E-state index in [1.54, 1.807) is 6.07 Å². The van der Waals surface area contributed by atoms with Crippen LogP contribution in [0.5, 0.6) is 11.5 Å². The number of unbranched alkanes of at least 4 members (excludes halogenated alkanes) is 3. The number of thioether (sulfide) groups is 1. The minimum Gasteiger partial charge on any atom is -0.504 e. The number of hydrogen-bond acceptors (Lipinski definition) is 4. The van der Waals surface area contributed by atoms with E-state index in [2.05, 4.69) is 11.6 Å². The third-order valence-corrected chi connectivity index (χ3v) is 3.52. The maximum absolute atomic E-state index is 9.34. The molecule has 0 saturated heterocycles. The van der Waals surface area contributed by atoms with E-state index in [0.717, 1.165) is 18.7 Å². The lowest BCUT2D eigenvalue weighted by molar-refractivity contribution is 0.403. The molecule has 1 aromatic rings. The average molecular weight is 269 g/mol. The van der Waals surface area contributed by atoms with Crippen molar-refractivity contribution in [3.8, 4) is 11.5 Å². The summed E-state index contributed by atoms with van der Waals surface area (Å²) >= 11 is 1.91. The molecule has 0 saturated carbocycles. The molecule has 0 aliphatic heterocycles. The van der Waals surface area contributed by atoms with Crippen molar-refractivity contribution in [3.05, 3.63) is 23.8 Å². The van der Waals surface area contributed by atoms with E-state index in [0.29, 0.717) is 0 Å². The highest BCUT2D eigenvalue weighted by Gasteiger charge is 1.99. The summed E-state index contributed by atoms with van der Waals surface area (Å²) in [6.45, 7) is 1.74. The molecule has 3 nitrogen and oxygen atoms in total. The molecule has 3 N–H and O–H groups in total. The summed E-state index contributed by atoms with van der Waals surface area (Å²) in [5.74, 6) is 1.15. The molecule has 0 spiro atoms. The molecule has 102 valence electrons. The molecule has 4 heteroatoms. The van der Waals surface area contributed by atoms with Crippen LogP contribution in [0.15, 0.2) is 18.2 Å². The summed E-state index contributed by atoms with van der Waals surface area (Å²) in [4.78, 5) is 0. The second-order valence-corrected chi connectivity index (χ2v) is 5.39. The number of nitrogens with one attached hydrogen (secondary N) is 1. The lowest BCUT2D eigenvalue weighted by Gasteiger charge is -2.06. The molecule has 1 aromatic carbocycles. The van der Waals surface area contributed by atoms with E-state index < -0.39 is 0 Å². The molecule has 0 unspecified atom stereocenters. The fourth-order valence-corrected chi connectivity index (χ4v) is 2.25. The van der Waals surface area contributed by atoms with Gasteiger partial charge in [0.2, 0.25) is 0 Å². The first-order valence-corrected chi connectivity index (χ1v) is 7.84. The van der Waals surface area contributed by atoms with Crippen molar-refractivity contribution < 1.29 is 10.2 Å². The van der Waals surface area contributed by atoms with Gasteiger partial charge in [0.1, 0.15) is 0 Å². The maximum atomic E-state index is 9.34. The Morgan fingerprint density at radius 2 is 1.83 bits per heavy atom. The van der Waals surface area contributed by atoms with Gasteiger partial charge >= 0.3 is 0 Å². The van der Waals surface area contributed by atoms with Crippen LogP contribution in [0.4, 0.5) is 0 Å². The van der Waals surface area contributed by atoms with Gasteiger partial charge in [0.25, 0.3) is 0 Å². The fourth-order valence-electron chi connectivity index (χ4n) is 1.76. The number of benzene rings is 1. The van der Waals surface area contributed by atoms with Crippen molar-refractivity contribution in [2.24, 2.45) is 0 Å². The highest BCUT2D eigenvalue weighted by Crippen LogP contribution is 2.24. The number of rotatable bonds is 9. The monoisotopic (exact) mass is 269 g/mol. The Morgan fingerprint density at radius 1 is 1.06 bits per heavy atom. The molecule has 0 atom stereocenters. The van der Waals surface area contributed by atoms with Gasteiger partial charge in [-0.25, -0.2) is 0 Å². The molecule has 0 bridgehead atoms. The van der Waals surface area contributed by atoms with Crippen LogP contribution in [-0.4, -0.2) is 28.8 Å². The summed E-state index contributed by atoms with van der Waals surface area (Å²) in [6, 6.07) is 4.94. The third kappa shape index (κ3) is 6.17. The zero-order valence-electron chi connectivity index (χ0n) is 11.0. The number of hydrogen-bond donors (Lipinski definition) is 3. The minimum atomic E-state index is -0.0625. The van der Waals surface area contributed by atoms with Crippen LogP contribution in [0.2, 0.25) is 0 Å². The van der Waals surface area contributed by atoms with Gasteiger partial charge in [0.05, 0.1) is 0 Å². The Hall–Kier alpha value is -0.870. The topological polar surface area (TPSA) is 52.5 Å². The molecule has 0 aliphatic rings. The largest absolute Gasteiger partial charge is 0.504 e. The third-order valence-electron chi connectivity index (χ3n) is 2.82. The van der Waals surface area contributed by atoms with Crippen molar-refractivity contribution in [2.45, 2.75) is 32.2 Å². The van der Waals surface area contributed by atoms with Gasteiger partial charge in [-0.05, 0) is 49.1 Å². The molecule has 0 aromatic heterocycles. The van der Waals surface area contributed by atoms with Gasteiger partial charge in [0, 0.05) is 6.54 Å². The molecule has 0 radical (unpaired) electrons. The van der Waals surface area contributed by atoms with E-state index in [1.165, 1.54) is 37.5 Å². The second-order valence-electron chi connectivity index (χ2n) is 4.41. The van der Waals surface area contributed by atoms with Gasteiger partial charge < -0.3 is 15.5 Å². The lowest BCUT2D eigenvalue weighted by Crippen LogP contribution is -2.14. The van der Waals surface area contributed by atoms with E-state index in [1.807, 2.05) is 17.8 Å². The molecule has 0 aliphatic carbocycles. The van der Waals surface area contributed by atoms with E-state index >= 15 is 0 Å². The molecule has 0 fully saturated rings. The van der Waals surface area contributed by atoms with Crippen molar-refractivity contribution in [1.82, 2.24) is 5.32 Å². The first-order chi connectivity index (χ1) is 8.74. The summed E-state index contributed by atoms with van der Waals surface area (Å²) in [5, 5.41) is 21.9. The average Bonchev–Trinajstić information content (AvgIpc) is 2.37. The molecule has 1 rings (SSSR count). The van der Waals surface area contributed by atoms with Crippen molar-refractivity contribution in [3.63, 3.8) is 0 Å². The number of phenols is 2. The Bertz CT molecular complexity index is 345. The highest BCUT2D eigenvalue weighted by atomic mass is 32.2. The summed E-state index contributed by atoms with van der Waals surface area (Å²) in [5.41, 5.74) is 0.993. The Labute approximate surface area is 114 Å². The molecule has 0 heterocycles. The summed E-state index contributed by atoms with van der Waals surface area (Å²) in [6.07, 6.45) is 7.23. The normalized spacial score (nSPS) is 10.7. The number of aromatic hydroxyl groups is 2. The first-order valence-electron chi connectivity index (χ1n) is 6.44. The Balaban J connectivity index is 2.05. The van der Waals surface area contributed by atoms with Crippen LogP contribution in [0.25, 0.3) is 0 Å². The van der Waals surface area contributed by atoms with Crippen LogP contribution >= 0.6 is 11.8 Å². The van der Waals surface area contributed by atoms with Gasteiger partial charge in [-0.15, -0.1) is 0 Å². The molecular formula is C14H23NO2S. The van der Waals surface area contributed by atoms with Crippen LogP contribution in [0.1, 0.15) is 31.2 Å². The summed E-state index contributed by atoms with van der Waals surface area (Å²) < 4.78 is 0. The zero-order chi connectivity index (χ0) is 13.2. The second kappa shape index (κ2) is 9.11. The molecular weight excluding hydrogens is 246 g/mol. The Kier molecular flexibility index (Phi) is 7.69.